The maximum Gasteiger partial charge on any atom is 0.291 e. The lowest BCUT2D eigenvalue weighted by atomic mass is 10.1. The van der Waals surface area contributed by atoms with Crippen LogP contribution in [0.2, 0.25) is 0 Å². The van der Waals surface area contributed by atoms with Crippen LogP contribution in [0, 0.1) is 6.92 Å². The summed E-state index contributed by atoms with van der Waals surface area (Å²) in [5.41, 5.74) is 2.98. The van der Waals surface area contributed by atoms with Crippen LogP contribution in [0.15, 0.2) is 59.4 Å². The Hall–Kier alpha value is -2.79. The molecule has 2 aromatic carbocycles. The highest BCUT2D eigenvalue weighted by Crippen LogP contribution is 2.15. The molecule has 0 saturated carbocycles. The van der Waals surface area contributed by atoms with Crippen LogP contribution in [0.5, 0.6) is 0 Å². The quantitative estimate of drug-likeness (QED) is 0.571. The molecule has 2 heterocycles. The Balaban J connectivity index is 1.82. The normalized spacial score (nSPS) is 12.1. The summed E-state index contributed by atoms with van der Waals surface area (Å²) in [6.45, 7) is 2.04. The van der Waals surface area contributed by atoms with Gasteiger partial charge in [-0.2, -0.15) is 9.50 Å². The largest absolute Gasteiger partial charge is 0.291 e. The zero-order valence-electron chi connectivity index (χ0n) is 12.4. The van der Waals surface area contributed by atoms with Gasteiger partial charge in [0.25, 0.3) is 5.56 Å². The molecule has 0 aliphatic heterocycles. The summed E-state index contributed by atoms with van der Waals surface area (Å²) in [6.07, 6.45) is 1.88. The lowest BCUT2D eigenvalue weighted by Crippen LogP contribution is -2.23. The summed E-state index contributed by atoms with van der Waals surface area (Å²) in [6, 6.07) is 17.7. The van der Waals surface area contributed by atoms with Crippen LogP contribution in [0.1, 0.15) is 11.1 Å². The molecule has 0 atom stereocenters. The first-order chi connectivity index (χ1) is 11.2. The molecule has 0 aliphatic rings. The number of hydrogen-bond acceptors (Lipinski definition) is 4. The summed E-state index contributed by atoms with van der Waals surface area (Å²) in [5, 5.41) is 4.34. The zero-order valence-corrected chi connectivity index (χ0v) is 13.2. The number of thiazole rings is 1. The van der Waals surface area contributed by atoms with E-state index < -0.39 is 0 Å². The second kappa shape index (κ2) is 5.44. The molecule has 0 bridgehead atoms. The molecule has 4 aromatic rings. The smallest absolute Gasteiger partial charge is 0.266 e. The van der Waals surface area contributed by atoms with Crippen LogP contribution in [0.4, 0.5) is 0 Å². The van der Waals surface area contributed by atoms with Gasteiger partial charge in [-0.1, -0.05) is 71.5 Å². The Bertz CT molecular complexity index is 1080. The fourth-order valence-corrected chi connectivity index (χ4v) is 3.27. The predicted molar refractivity (Wildman–Crippen MR) is 92.5 cm³/mol. The van der Waals surface area contributed by atoms with E-state index in [0.717, 1.165) is 11.1 Å². The van der Waals surface area contributed by atoms with E-state index in [1.165, 1.54) is 21.4 Å². The molecule has 4 nitrogen and oxygen atoms in total. The molecule has 23 heavy (non-hydrogen) atoms. The molecule has 0 N–H and O–H groups in total. The molecule has 0 unspecified atom stereocenters. The van der Waals surface area contributed by atoms with E-state index in [0.29, 0.717) is 15.3 Å². The van der Waals surface area contributed by atoms with E-state index in [4.69, 9.17) is 0 Å². The third-order valence-corrected chi connectivity index (χ3v) is 4.55. The highest BCUT2D eigenvalue weighted by molar-refractivity contribution is 7.15. The van der Waals surface area contributed by atoms with Crippen LogP contribution in [-0.4, -0.2) is 14.6 Å². The molecule has 4 rings (SSSR count). The first kappa shape index (κ1) is 13.8. The number of nitrogens with zero attached hydrogens (tertiary/aromatic N) is 3. The van der Waals surface area contributed by atoms with Gasteiger partial charge in [0.15, 0.2) is 5.82 Å². The van der Waals surface area contributed by atoms with Gasteiger partial charge in [0.1, 0.15) is 0 Å². The van der Waals surface area contributed by atoms with Gasteiger partial charge >= 0.3 is 0 Å². The fraction of sp³-hybridized carbons (Fsp3) is 0.0556. The van der Waals surface area contributed by atoms with E-state index in [1.54, 1.807) is 0 Å². The molecule has 112 valence electrons. The molecule has 0 spiro atoms. The summed E-state index contributed by atoms with van der Waals surface area (Å²) >= 11 is 1.36. The highest BCUT2D eigenvalue weighted by atomic mass is 32.1. The van der Waals surface area contributed by atoms with Crippen molar-refractivity contribution < 1.29 is 0 Å². The lowest BCUT2D eigenvalue weighted by Gasteiger charge is -1.93. The van der Waals surface area contributed by atoms with Crippen molar-refractivity contribution in [2.45, 2.75) is 6.92 Å². The van der Waals surface area contributed by atoms with Gasteiger partial charge in [0.05, 0.1) is 4.53 Å². The monoisotopic (exact) mass is 319 g/mol. The van der Waals surface area contributed by atoms with Crippen molar-refractivity contribution in [3.63, 3.8) is 0 Å². The maximum atomic E-state index is 12.5. The minimum atomic E-state index is -0.125. The van der Waals surface area contributed by atoms with E-state index in [-0.39, 0.29) is 5.56 Å². The average Bonchev–Trinajstić information content (AvgIpc) is 3.11. The third-order valence-electron chi connectivity index (χ3n) is 3.59. The van der Waals surface area contributed by atoms with Crippen LogP contribution in [0.25, 0.3) is 22.4 Å². The van der Waals surface area contributed by atoms with Crippen LogP contribution >= 0.6 is 11.3 Å². The van der Waals surface area contributed by atoms with Gasteiger partial charge in [-0.05, 0) is 18.6 Å². The van der Waals surface area contributed by atoms with E-state index in [2.05, 4.69) is 10.1 Å². The topological polar surface area (TPSA) is 47.3 Å². The molecular formula is C18H13N3OS. The molecule has 0 radical (unpaired) electrons. The fourth-order valence-electron chi connectivity index (χ4n) is 2.36. The number of fused-ring (bicyclic) bond motifs is 1. The molecule has 0 saturated heterocycles. The van der Waals surface area contributed by atoms with Gasteiger partial charge in [-0.25, -0.2) is 0 Å². The van der Waals surface area contributed by atoms with Crippen molar-refractivity contribution in [3.05, 3.63) is 80.6 Å². The van der Waals surface area contributed by atoms with Crippen LogP contribution in [-0.2, 0) is 0 Å². The maximum absolute atomic E-state index is 12.5. The number of aromatic nitrogens is 3. The van der Waals surface area contributed by atoms with Gasteiger partial charge in [0, 0.05) is 5.56 Å². The summed E-state index contributed by atoms with van der Waals surface area (Å²) < 4.78 is 2.02. The Labute approximate surface area is 136 Å². The van der Waals surface area contributed by atoms with Gasteiger partial charge < -0.3 is 0 Å². The number of aryl methyl sites for hydroxylation is 1. The Kier molecular flexibility index (Phi) is 3.28. The van der Waals surface area contributed by atoms with E-state index in [9.17, 15) is 4.79 Å². The first-order valence-corrected chi connectivity index (χ1v) is 8.06. The van der Waals surface area contributed by atoms with Gasteiger partial charge in [0.2, 0.25) is 4.96 Å². The van der Waals surface area contributed by atoms with Crippen molar-refractivity contribution in [2.24, 2.45) is 0 Å². The summed E-state index contributed by atoms with van der Waals surface area (Å²) in [4.78, 5) is 17.6. The summed E-state index contributed by atoms with van der Waals surface area (Å²) in [5.74, 6) is 0.579. The van der Waals surface area contributed by atoms with E-state index in [1.807, 2.05) is 67.6 Å². The Morgan fingerprint density at radius 3 is 2.48 bits per heavy atom. The Morgan fingerprint density at radius 1 is 1.04 bits per heavy atom. The lowest BCUT2D eigenvalue weighted by molar-refractivity contribution is 0.937. The Morgan fingerprint density at radius 2 is 1.78 bits per heavy atom. The van der Waals surface area contributed by atoms with Crippen LogP contribution < -0.4 is 10.1 Å². The molecule has 0 aliphatic carbocycles. The van der Waals surface area contributed by atoms with Crippen molar-refractivity contribution >= 4 is 22.4 Å². The summed E-state index contributed by atoms with van der Waals surface area (Å²) in [7, 11) is 0. The van der Waals surface area contributed by atoms with Gasteiger partial charge in [-0.3, -0.25) is 4.79 Å². The molecule has 5 heteroatoms. The van der Waals surface area contributed by atoms with E-state index >= 15 is 0 Å². The standard InChI is InChI=1S/C18H13N3OS/c1-12-7-9-13(10-8-12)11-15-17(22)21-18(23-15)19-16(20-21)14-5-3-2-4-6-14/h2-11H,1H3/b15-11-. The average molecular weight is 319 g/mol. The third kappa shape index (κ3) is 2.55. The van der Waals surface area contributed by atoms with Gasteiger partial charge in [-0.15, -0.1) is 5.10 Å². The van der Waals surface area contributed by atoms with Crippen molar-refractivity contribution in [2.75, 3.05) is 0 Å². The SMILES string of the molecule is Cc1ccc(/C=c2\sc3nc(-c4ccccc4)nn3c2=O)cc1. The van der Waals surface area contributed by atoms with Crippen LogP contribution in [0.3, 0.4) is 0 Å². The van der Waals surface area contributed by atoms with Crippen molar-refractivity contribution in [3.8, 4) is 11.4 Å². The molecule has 0 fully saturated rings. The molecule has 0 amide bonds. The minimum absolute atomic E-state index is 0.125. The van der Waals surface area contributed by atoms with Crippen molar-refractivity contribution in [1.29, 1.82) is 0 Å². The predicted octanol–water partition coefficient (Wildman–Crippen LogP) is 2.67. The number of hydrogen-bond donors (Lipinski definition) is 0. The minimum Gasteiger partial charge on any atom is -0.266 e. The first-order valence-electron chi connectivity index (χ1n) is 7.24. The second-order valence-corrected chi connectivity index (χ2v) is 6.33. The molecular weight excluding hydrogens is 306 g/mol. The highest BCUT2D eigenvalue weighted by Gasteiger charge is 2.11. The number of rotatable bonds is 2. The number of benzene rings is 2. The van der Waals surface area contributed by atoms with Crippen molar-refractivity contribution in [1.82, 2.24) is 14.6 Å². The second-order valence-electron chi connectivity index (χ2n) is 5.32. The molecule has 2 aromatic heterocycles. The zero-order chi connectivity index (χ0) is 15.8.